The molecule has 0 bridgehead atoms. The number of ether oxygens (including phenoxy) is 1. The van der Waals surface area contributed by atoms with Crippen LogP contribution < -0.4 is 10.6 Å². The summed E-state index contributed by atoms with van der Waals surface area (Å²) in [7, 11) is 7.24. The average molecular weight is 636 g/mol. The second-order valence-electron chi connectivity index (χ2n) is 12.0. The van der Waals surface area contributed by atoms with E-state index in [-0.39, 0.29) is 22.9 Å². The Bertz CT molecular complexity index is 1940. The number of aromatic nitrogens is 5. The van der Waals surface area contributed by atoms with Gasteiger partial charge in [0.15, 0.2) is 0 Å². The SMILES string of the molecule is COC(=O)C1=C(C)N(c2cccc(C(F)(F)F)c2)c2n[nH]c(=O)n2C1c1ccc(C#N)cc1CC[N+](C)(C)Cc1cc(C)nn1C. The molecule has 46 heavy (non-hydrogen) atoms. The summed E-state index contributed by atoms with van der Waals surface area (Å²) < 4.78 is 49.8. The number of likely N-dealkylation sites (N-methyl/N-ethyl adjacent to an activating group) is 1. The van der Waals surface area contributed by atoms with Gasteiger partial charge in [-0.1, -0.05) is 12.1 Å². The van der Waals surface area contributed by atoms with Gasteiger partial charge in [-0.3, -0.25) is 9.58 Å². The first-order chi connectivity index (χ1) is 21.6. The zero-order valence-electron chi connectivity index (χ0n) is 26.3. The lowest BCUT2D eigenvalue weighted by Crippen LogP contribution is -2.41. The third-order valence-electron chi connectivity index (χ3n) is 8.22. The van der Waals surface area contributed by atoms with Gasteiger partial charge in [-0.25, -0.2) is 19.3 Å². The van der Waals surface area contributed by atoms with Gasteiger partial charge in [-0.05, 0) is 61.4 Å². The largest absolute Gasteiger partial charge is 0.466 e. The number of esters is 1. The number of anilines is 2. The summed E-state index contributed by atoms with van der Waals surface area (Å²) in [6.45, 7) is 4.81. The van der Waals surface area contributed by atoms with Crippen LogP contribution in [0.4, 0.5) is 24.8 Å². The number of alkyl halides is 3. The summed E-state index contributed by atoms with van der Waals surface area (Å²) in [4.78, 5) is 28.2. The van der Waals surface area contributed by atoms with E-state index in [4.69, 9.17) is 4.74 Å². The first-order valence-corrected chi connectivity index (χ1v) is 14.4. The third-order valence-corrected chi connectivity index (χ3v) is 8.22. The molecular weight excluding hydrogens is 601 g/mol. The van der Waals surface area contributed by atoms with E-state index in [2.05, 4.69) is 35.5 Å². The van der Waals surface area contributed by atoms with E-state index in [1.54, 1.807) is 25.1 Å². The van der Waals surface area contributed by atoms with Crippen molar-refractivity contribution in [2.24, 2.45) is 7.05 Å². The fourth-order valence-electron chi connectivity index (χ4n) is 5.99. The molecule has 2 aromatic heterocycles. The Morgan fingerprint density at radius 1 is 1.15 bits per heavy atom. The number of quaternary nitrogens is 1. The predicted octanol–water partition coefficient (Wildman–Crippen LogP) is 4.51. The number of nitrogens with one attached hydrogen (secondary N) is 1. The quantitative estimate of drug-likeness (QED) is 0.223. The van der Waals surface area contributed by atoms with Gasteiger partial charge in [0, 0.05) is 24.9 Å². The molecule has 240 valence electrons. The lowest BCUT2D eigenvalue weighted by Gasteiger charge is -2.36. The smallest absolute Gasteiger partial charge is 0.416 e. The standard InChI is InChI=1S/C32H33F3N8O3/c1-19-14-25(40(3)39-19)18-43(4,5)13-12-22-15-21(17-36)10-11-26(22)28-27(29(44)46-6)20(2)41(30-37-38-31(45)42(28)30)24-9-7-8-23(16-24)32(33,34)35/h7-11,14-16,28H,12-13,18H2,1-6H3/p+1. The van der Waals surface area contributed by atoms with Crippen molar-refractivity contribution in [3.05, 3.63) is 104 Å². The van der Waals surface area contributed by atoms with Crippen molar-refractivity contribution in [3.8, 4) is 6.07 Å². The number of aromatic amines is 1. The van der Waals surface area contributed by atoms with Gasteiger partial charge < -0.3 is 9.22 Å². The van der Waals surface area contributed by atoms with E-state index >= 15 is 0 Å². The Kier molecular flexibility index (Phi) is 8.39. The number of hydrogen-bond acceptors (Lipinski definition) is 7. The van der Waals surface area contributed by atoms with Crippen LogP contribution in [0, 0.1) is 18.3 Å². The number of fused-ring (bicyclic) bond motifs is 1. The number of benzene rings is 2. The topological polar surface area (TPSA) is 122 Å². The summed E-state index contributed by atoms with van der Waals surface area (Å²) >= 11 is 0. The van der Waals surface area contributed by atoms with Crippen LogP contribution in [0.25, 0.3) is 0 Å². The Hall–Kier alpha value is -5.16. The van der Waals surface area contributed by atoms with Crippen molar-refractivity contribution in [1.29, 1.82) is 5.26 Å². The summed E-state index contributed by atoms with van der Waals surface area (Å²) in [6.07, 6.45) is -4.15. The normalized spacial score (nSPS) is 15.1. The molecule has 2 aromatic carbocycles. The monoisotopic (exact) mass is 635 g/mol. The highest BCUT2D eigenvalue weighted by Crippen LogP contribution is 2.43. The molecule has 1 aliphatic rings. The molecule has 0 amide bonds. The Morgan fingerprint density at radius 2 is 1.89 bits per heavy atom. The first kappa shape index (κ1) is 32.2. The van der Waals surface area contributed by atoms with Crippen molar-refractivity contribution in [2.75, 3.05) is 32.6 Å². The molecule has 1 aliphatic heterocycles. The number of nitrogens with zero attached hydrogens (tertiary/aromatic N) is 7. The highest BCUT2D eigenvalue weighted by molar-refractivity contribution is 5.93. The number of allylic oxidation sites excluding steroid dienone is 1. The first-order valence-electron chi connectivity index (χ1n) is 14.4. The maximum atomic E-state index is 13.7. The van der Waals surface area contributed by atoms with Gasteiger partial charge in [-0.2, -0.15) is 23.5 Å². The van der Waals surface area contributed by atoms with Crippen LogP contribution in [0.5, 0.6) is 0 Å². The summed E-state index contributed by atoms with van der Waals surface area (Å²) in [5, 5.41) is 20.8. The van der Waals surface area contributed by atoms with Crippen molar-refractivity contribution >= 4 is 17.6 Å². The summed E-state index contributed by atoms with van der Waals surface area (Å²) in [5.41, 5.74) is 2.39. The zero-order chi connectivity index (χ0) is 33.6. The molecule has 3 heterocycles. The van der Waals surface area contributed by atoms with Gasteiger partial charge in [0.1, 0.15) is 12.6 Å². The molecule has 0 saturated heterocycles. The van der Waals surface area contributed by atoms with Gasteiger partial charge >= 0.3 is 17.8 Å². The van der Waals surface area contributed by atoms with Crippen molar-refractivity contribution in [1.82, 2.24) is 24.5 Å². The number of nitriles is 1. The lowest BCUT2D eigenvalue weighted by atomic mass is 9.89. The molecule has 14 heteroatoms. The van der Waals surface area contributed by atoms with E-state index in [1.807, 2.05) is 24.7 Å². The Morgan fingerprint density at radius 3 is 2.52 bits per heavy atom. The molecule has 11 nitrogen and oxygen atoms in total. The van der Waals surface area contributed by atoms with E-state index in [0.29, 0.717) is 35.1 Å². The van der Waals surface area contributed by atoms with Crippen LogP contribution in [-0.4, -0.2) is 62.7 Å². The van der Waals surface area contributed by atoms with Crippen LogP contribution >= 0.6 is 0 Å². The van der Waals surface area contributed by atoms with Crippen molar-refractivity contribution in [3.63, 3.8) is 0 Å². The van der Waals surface area contributed by atoms with Crippen LogP contribution in [0.3, 0.4) is 0 Å². The van der Waals surface area contributed by atoms with E-state index in [0.717, 1.165) is 29.1 Å². The number of carbonyl (C=O) groups excluding carboxylic acids is 1. The van der Waals surface area contributed by atoms with Gasteiger partial charge in [0.05, 0.1) is 61.9 Å². The van der Waals surface area contributed by atoms with Crippen LogP contribution in [-0.2, 0) is 35.7 Å². The van der Waals surface area contributed by atoms with E-state index in [9.17, 15) is 28.0 Å². The number of aryl methyl sites for hydroxylation is 2. The molecule has 0 fully saturated rings. The lowest BCUT2D eigenvalue weighted by molar-refractivity contribution is -0.903. The minimum Gasteiger partial charge on any atom is -0.466 e. The molecule has 1 atom stereocenters. The Labute approximate surface area is 263 Å². The minimum absolute atomic E-state index is 0.00234. The van der Waals surface area contributed by atoms with Crippen LogP contribution in [0.15, 0.2) is 64.6 Å². The molecule has 0 aliphatic carbocycles. The minimum atomic E-state index is -4.62. The second-order valence-corrected chi connectivity index (χ2v) is 12.0. The number of carbonyl (C=O) groups is 1. The van der Waals surface area contributed by atoms with Gasteiger partial charge in [0.2, 0.25) is 5.95 Å². The average Bonchev–Trinajstić information content (AvgIpc) is 3.53. The van der Waals surface area contributed by atoms with Crippen LogP contribution in [0.2, 0.25) is 0 Å². The fourth-order valence-corrected chi connectivity index (χ4v) is 5.99. The highest BCUT2D eigenvalue weighted by Gasteiger charge is 2.41. The summed E-state index contributed by atoms with van der Waals surface area (Å²) in [5.74, 6) is -0.770. The summed E-state index contributed by atoms with van der Waals surface area (Å²) in [6, 6.07) is 12.7. The van der Waals surface area contributed by atoms with Crippen molar-refractivity contribution < 1.29 is 27.2 Å². The van der Waals surface area contributed by atoms with Crippen LogP contribution in [0.1, 0.15) is 46.6 Å². The van der Waals surface area contributed by atoms with E-state index < -0.39 is 29.4 Å². The zero-order valence-corrected chi connectivity index (χ0v) is 26.3. The number of hydrogen-bond donors (Lipinski definition) is 1. The molecule has 0 radical (unpaired) electrons. The maximum Gasteiger partial charge on any atom is 0.416 e. The number of H-pyrrole nitrogens is 1. The molecule has 0 saturated carbocycles. The number of methoxy groups -OCH3 is 1. The molecule has 1 N–H and O–H groups in total. The molecular formula is C32H34F3N8O3+. The molecule has 0 spiro atoms. The van der Waals surface area contributed by atoms with Gasteiger partial charge in [0.25, 0.3) is 0 Å². The molecule has 5 rings (SSSR count). The maximum absolute atomic E-state index is 13.7. The fraction of sp³-hybridized carbons (Fsp3) is 0.344. The molecule has 4 aromatic rings. The highest BCUT2D eigenvalue weighted by atomic mass is 19.4. The van der Waals surface area contributed by atoms with Crippen molar-refractivity contribution in [2.45, 2.75) is 39.0 Å². The Balaban J connectivity index is 1.64. The number of rotatable bonds is 8. The third kappa shape index (κ3) is 6.05. The number of halogens is 3. The van der Waals surface area contributed by atoms with Gasteiger partial charge in [-0.15, -0.1) is 5.10 Å². The second kappa shape index (κ2) is 12.0. The van der Waals surface area contributed by atoms with E-state index in [1.165, 1.54) is 28.7 Å². The predicted molar refractivity (Wildman–Crippen MR) is 163 cm³/mol. The molecule has 1 unspecified atom stereocenters.